The van der Waals surface area contributed by atoms with Gasteiger partial charge in [0.25, 0.3) is 0 Å². The summed E-state index contributed by atoms with van der Waals surface area (Å²) in [6.07, 6.45) is -0.638. The second-order valence-electron chi connectivity index (χ2n) is 5.85. The van der Waals surface area contributed by atoms with Crippen molar-refractivity contribution in [3.63, 3.8) is 0 Å². The van der Waals surface area contributed by atoms with Gasteiger partial charge in [-0.1, -0.05) is 12.1 Å². The number of hydrogen-bond donors (Lipinski definition) is 3. The van der Waals surface area contributed by atoms with Crippen LogP contribution in [0.4, 0.5) is 5.69 Å². The zero-order valence-corrected chi connectivity index (χ0v) is 15.5. The fourth-order valence-corrected chi connectivity index (χ4v) is 4.14. The SMILES string of the molecule is COc1ccc([C@@H](C)N=S(=O)(NC[C@@H](C)O)c2ccc(N)cc2)cc1. The number of aliphatic hydroxyl groups is 1. The van der Waals surface area contributed by atoms with E-state index < -0.39 is 16.0 Å². The summed E-state index contributed by atoms with van der Waals surface area (Å²) in [4.78, 5) is 0.530. The summed E-state index contributed by atoms with van der Waals surface area (Å²) in [6.45, 7) is 3.67. The van der Waals surface area contributed by atoms with Gasteiger partial charge in [-0.25, -0.2) is 13.3 Å². The van der Waals surface area contributed by atoms with Crippen molar-refractivity contribution in [2.75, 3.05) is 19.4 Å². The van der Waals surface area contributed by atoms with Gasteiger partial charge in [0.05, 0.1) is 24.2 Å². The van der Waals surface area contributed by atoms with Gasteiger partial charge in [-0.05, 0) is 55.8 Å². The molecule has 1 unspecified atom stereocenters. The molecule has 0 aliphatic carbocycles. The number of nitrogens with zero attached hydrogens (tertiary/aromatic N) is 1. The van der Waals surface area contributed by atoms with E-state index in [-0.39, 0.29) is 12.6 Å². The van der Waals surface area contributed by atoms with E-state index in [0.29, 0.717) is 10.6 Å². The number of hydrogen-bond acceptors (Lipinski definition) is 5. The summed E-state index contributed by atoms with van der Waals surface area (Å²) < 4.78 is 26.0. The summed E-state index contributed by atoms with van der Waals surface area (Å²) in [6, 6.07) is 13.9. The average Bonchev–Trinajstić information content (AvgIpc) is 2.60. The molecule has 0 heterocycles. The number of rotatable bonds is 7. The number of anilines is 1. The Labute approximate surface area is 149 Å². The topological polar surface area (TPSA) is 96.9 Å². The second kappa shape index (κ2) is 8.33. The standard InChI is InChI=1S/C18H25N3O3S/c1-13(22)12-20-25(23,18-10-6-16(19)7-11-18)21-14(2)15-4-8-17(24-3)9-5-15/h4-11,13-14,22H,12,19H2,1-3H3,(H,20,21,23)/t13-,14-,25?/m1/s1. The first-order valence-electron chi connectivity index (χ1n) is 8.02. The van der Waals surface area contributed by atoms with Crippen LogP contribution in [0.1, 0.15) is 25.5 Å². The van der Waals surface area contributed by atoms with Gasteiger partial charge in [-0.3, -0.25) is 0 Å². The smallest absolute Gasteiger partial charge is 0.137 e. The van der Waals surface area contributed by atoms with Gasteiger partial charge >= 0.3 is 0 Å². The molecule has 0 aliphatic heterocycles. The molecule has 0 radical (unpaired) electrons. The number of methoxy groups -OCH3 is 1. The molecule has 2 aromatic rings. The molecular weight excluding hydrogens is 338 g/mol. The molecule has 0 saturated carbocycles. The van der Waals surface area contributed by atoms with Gasteiger partial charge in [-0.15, -0.1) is 0 Å². The van der Waals surface area contributed by atoms with Gasteiger partial charge in [0.1, 0.15) is 15.7 Å². The highest BCUT2D eigenvalue weighted by molar-refractivity contribution is 7.91. The van der Waals surface area contributed by atoms with E-state index in [1.165, 1.54) is 0 Å². The van der Waals surface area contributed by atoms with Crippen LogP contribution in [0.15, 0.2) is 57.8 Å². The Morgan fingerprint density at radius 2 is 1.76 bits per heavy atom. The van der Waals surface area contributed by atoms with E-state index in [0.717, 1.165) is 11.3 Å². The molecule has 0 amide bonds. The summed E-state index contributed by atoms with van der Waals surface area (Å²) in [5.41, 5.74) is 7.22. The van der Waals surface area contributed by atoms with Gasteiger partial charge in [0.2, 0.25) is 0 Å². The number of nitrogens with two attached hydrogens (primary N) is 1. The van der Waals surface area contributed by atoms with Crippen LogP contribution < -0.4 is 15.2 Å². The van der Waals surface area contributed by atoms with Crippen molar-refractivity contribution < 1.29 is 14.1 Å². The van der Waals surface area contributed by atoms with Crippen LogP contribution in [0.3, 0.4) is 0 Å². The first kappa shape index (κ1) is 19.2. The molecule has 6 nitrogen and oxygen atoms in total. The van der Waals surface area contributed by atoms with Gasteiger partial charge in [-0.2, -0.15) is 0 Å². The van der Waals surface area contributed by atoms with Crippen LogP contribution in [-0.2, 0) is 9.92 Å². The largest absolute Gasteiger partial charge is 0.497 e. The Hall–Kier alpha value is -2.09. The van der Waals surface area contributed by atoms with Crippen molar-refractivity contribution in [3.8, 4) is 5.75 Å². The van der Waals surface area contributed by atoms with Crippen molar-refractivity contribution in [1.29, 1.82) is 0 Å². The molecular formula is C18H25N3O3S. The number of ether oxygens (including phenoxy) is 1. The van der Waals surface area contributed by atoms with E-state index in [1.54, 1.807) is 38.3 Å². The normalized spacial score (nSPS) is 15.8. The molecule has 2 rings (SSSR count). The number of nitrogens with one attached hydrogen (secondary N) is 1. The molecule has 4 N–H and O–H groups in total. The van der Waals surface area contributed by atoms with E-state index in [4.69, 9.17) is 10.5 Å². The van der Waals surface area contributed by atoms with E-state index in [9.17, 15) is 9.32 Å². The summed E-state index contributed by atoms with van der Waals surface area (Å²) in [5.74, 6) is 0.752. The predicted molar refractivity (Wildman–Crippen MR) is 101 cm³/mol. The first-order valence-corrected chi connectivity index (χ1v) is 9.54. The van der Waals surface area contributed by atoms with Crippen molar-refractivity contribution in [2.24, 2.45) is 4.36 Å². The third kappa shape index (κ3) is 5.19. The van der Waals surface area contributed by atoms with Crippen LogP contribution in [0.5, 0.6) is 5.75 Å². The van der Waals surface area contributed by atoms with Crippen molar-refractivity contribution in [1.82, 2.24) is 4.72 Å². The fraction of sp³-hybridized carbons (Fsp3) is 0.333. The zero-order chi connectivity index (χ0) is 18.4. The van der Waals surface area contributed by atoms with Crippen LogP contribution >= 0.6 is 0 Å². The van der Waals surface area contributed by atoms with Crippen molar-refractivity contribution in [2.45, 2.75) is 30.9 Å². The highest BCUT2D eigenvalue weighted by atomic mass is 32.2. The number of benzene rings is 2. The predicted octanol–water partition coefficient (Wildman–Crippen LogP) is 2.75. The second-order valence-corrected chi connectivity index (χ2v) is 7.87. The quantitative estimate of drug-likeness (QED) is 0.659. The van der Waals surface area contributed by atoms with Gasteiger partial charge in [0.15, 0.2) is 0 Å². The summed E-state index contributed by atoms with van der Waals surface area (Å²) in [5, 5.41) is 9.55. The molecule has 25 heavy (non-hydrogen) atoms. The third-order valence-electron chi connectivity index (χ3n) is 3.68. The maximum absolute atomic E-state index is 13.5. The lowest BCUT2D eigenvalue weighted by Gasteiger charge is -2.17. The van der Waals surface area contributed by atoms with Crippen molar-refractivity contribution >= 4 is 15.6 Å². The molecule has 0 aromatic heterocycles. The number of nitrogen functional groups attached to an aromatic ring is 1. The highest BCUT2D eigenvalue weighted by Crippen LogP contribution is 2.24. The Kier molecular flexibility index (Phi) is 6.41. The van der Waals surface area contributed by atoms with E-state index in [1.807, 2.05) is 31.2 Å². The van der Waals surface area contributed by atoms with E-state index in [2.05, 4.69) is 9.08 Å². The van der Waals surface area contributed by atoms with E-state index >= 15 is 0 Å². The maximum atomic E-state index is 13.5. The maximum Gasteiger partial charge on any atom is 0.137 e. The van der Waals surface area contributed by atoms with Gasteiger partial charge < -0.3 is 15.6 Å². The highest BCUT2D eigenvalue weighted by Gasteiger charge is 2.16. The minimum absolute atomic E-state index is 0.169. The Morgan fingerprint density at radius 3 is 2.28 bits per heavy atom. The van der Waals surface area contributed by atoms with Crippen molar-refractivity contribution in [3.05, 3.63) is 54.1 Å². The summed E-state index contributed by atoms with van der Waals surface area (Å²) in [7, 11) is -1.31. The molecule has 136 valence electrons. The van der Waals surface area contributed by atoms with Crippen LogP contribution in [0.25, 0.3) is 0 Å². The molecule has 0 spiro atoms. The molecule has 0 bridgehead atoms. The molecule has 0 fully saturated rings. The molecule has 7 heteroatoms. The minimum atomic E-state index is -2.91. The zero-order valence-electron chi connectivity index (χ0n) is 14.7. The monoisotopic (exact) mass is 363 g/mol. The fourth-order valence-electron chi connectivity index (χ4n) is 2.23. The third-order valence-corrected chi connectivity index (χ3v) is 5.76. The molecule has 0 saturated heterocycles. The Morgan fingerprint density at radius 1 is 1.16 bits per heavy atom. The molecule has 0 aliphatic rings. The van der Waals surface area contributed by atoms with Crippen LogP contribution in [0, 0.1) is 0 Å². The first-order chi connectivity index (χ1) is 11.8. The average molecular weight is 363 g/mol. The lowest BCUT2D eigenvalue weighted by atomic mass is 10.1. The summed E-state index contributed by atoms with van der Waals surface area (Å²) >= 11 is 0. The molecule has 3 atom stereocenters. The lowest BCUT2D eigenvalue weighted by molar-refractivity contribution is 0.199. The number of aliphatic hydroxyl groups excluding tert-OH is 1. The van der Waals surface area contributed by atoms with Crippen LogP contribution in [-0.4, -0.2) is 29.1 Å². The Bertz CT molecular complexity index is 795. The minimum Gasteiger partial charge on any atom is -0.497 e. The van der Waals surface area contributed by atoms with Crippen LogP contribution in [0.2, 0.25) is 0 Å². The Balaban J connectivity index is 2.40. The lowest BCUT2D eigenvalue weighted by Crippen LogP contribution is -2.31. The van der Waals surface area contributed by atoms with Gasteiger partial charge in [0, 0.05) is 12.2 Å². The molecule has 2 aromatic carbocycles.